The first kappa shape index (κ1) is 18.7. The quantitative estimate of drug-likeness (QED) is 0.425. The first-order valence-corrected chi connectivity index (χ1v) is 9.46. The van der Waals surface area contributed by atoms with Crippen LogP contribution in [-0.2, 0) is 0 Å². The van der Waals surface area contributed by atoms with Crippen LogP contribution in [0, 0.1) is 0 Å². The van der Waals surface area contributed by atoms with Crippen molar-refractivity contribution in [2.75, 3.05) is 10.6 Å². The van der Waals surface area contributed by atoms with Crippen molar-refractivity contribution >= 4 is 34.3 Å². The lowest BCUT2D eigenvalue weighted by atomic mass is 10.2. The van der Waals surface area contributed by atoms with Crippen molar-refractivity contribution in [3.05, 3.63) is 90.5 Å². The van der Waals surface area contributed by atoms with Gasteiger partial charge in [-0.2, -0.15) is 5.10 Å². The van der Waals surface area contributed by atoms with E-state index in [9.17, 15) is 13.6 Å². The molecule has 4 aromatic heterocycles. The van der Waals surface area contributed by atoms with Crippen LogP contribution in [0.1, 0.15) is 22.6 Å². The van der Waals surface area contributed by atoms with Crippen LogP contribution >= 0.6 is 0 Å². The largest absolute Gasteiger partial charge is 0.341 e. The average molecular weight is 418 g/mol. The van der Waals surface area contributed by atoms with E-state index in [-0.39, 0.29) is 11.6 Å². The van der Waals surface area contributed by atoms with E-state index in [1.165, 1.54) is 6.20 Å². The zero-order valence-corrected chi connectivity index (χ0v) is 16.0. The molecule has 0 aliphatic carbocycles. The zero-order chi connectivity index (χ0) is 21.4. The first-order valence-electron chi connectivity index (χ1n) is 9.46. The number of alkyl halides is 2. The average Bonchev–Trinajstić information content (AvgIpc) is 3.40. The Morgan fingerprint density at radius 1 is 0.968 bits per heavy atom. The molecule has 0 saturated carbocycles. The van der Waals surface area contributed by atoms with Crippen LogP contribution in [0.4, 0.5) is 26.0 Å². The van der Waals surface area contributed by atoms with Crippen molar-refractivity contribution in [1.29, 1.82) is 0 Å². The number of rotatable bonds is 5. The van der Waals surface area contributed by atoms with E-state index in [1.807, 2.05) is 18.2 Å². The van der Waals surface area contributed by atoms with Crippen molar-refractivity contribution in [2.45, 2.75) is 6.43 Å². The molecule has 4 heterocycles. The number of carbonyl (C=O) groups is 1. The summed E-state index contributed by atoms with van der Waals surface area (Å²) < 4.78 is 29.1. The number of nitrogens with one attached hydrogen (secondary N) is 2. The maximum Gasteiger partial charge on any atom is 0.281 e. The molecule has 1 aromatic carbocycles. The minimum Gasteiger partial charge on any atom is -0.341 e. The van der Waals surface area contributed by atoms with E-state index in [2.05, 4.69) is 20.7 Å². The number of halogens is 2. The Kier molecular flexibility index (Phi) is 4.55. The van der Waals surface area contributed by atoms with Crippen LogP contribution < -0.4 is 10.6 Å². The van der Waals surface area contributed by atoms with Crippen molar-refractivity contribution in [3.8, 4) is 0 Å². The Morgan fingerprint density at radius 2 is 1.77 bits per heavy atom. The zero-order valence-electron chi connectivity index (χ0n) is 16.0. The van der Waals surface area contributed by atoms with E-state index < -0.39 is 6.43 Å². The number of nitrogens with zero attached hydrogens (tertiary/aromatic N) is 4. The second kappa shape index (κ2) is 7.52. The molecule has 154 valence electrons. The molecule has 0 atom stereocenters. The van der Waals surface area contributed by atoms with Gasteiger partial charge in [-0.05, 0) is 54.6 Å². The Balaban J connectivity index is 1.32. The molecular formula is C22H16F2N6O. The standard InChI is InChI=1S/C22H16F2N6O/c23-21(24)18-13-29-19(5-3-6-20(29)27-18)25-14-7-9-15(10-8-14)26-22(31)17-12-16-4-1-2-11-30(16)28-17/h1-13,21,25H,(H,26,31). The lowest BCUT2D eigenvalue weighted by Gasteiger charge is -2.10. The van der Waals surface area contributed by atoms with Gasteiger partial charge in [-0.3, -0.25) is 9.20 Å². The number of amides is 1. The number of pyridine rings is 2. The topological polar surface area (TPSA) is 75.7 Å². The van der Waals surface area contributed by atoms with Gasteiger partial charge >= 0.3 is 0 Å². The van der Waals surface area contributed by atoms with Gasteiger partial charge in [0.15, 0.2) is 5.69 Å². The predicted octanol–water partition coefficient (Wildman–Crippen LogP) is 4.92. The van der Waals surface area contributed by atoms with Gasteiger partial charge in [-0.25, -0.2) is 18.3 Å². The maximum absolute atomic E-state index is 13.0. The molecule has 0 bridgehead atoms. The van der Waals surface area contributed by atoms with Gasteiger partial charge in [-0.15, -0.1) is 0 Å². The minimum atomic E-state index is -2.64. The number of fused-ring (bicyclic) bond motifs is 2. The molecule has 2 N–H and O–H groups in total. The molecule has 7 nitrogen and oxygen atoms in total. The number of carbonyl (C=O) groups excluding carboxylic acids is 1. The highest BCUT2D eigenvalue weighted by molar-refractivity contribution is 6.03. The Hall–Kier alpha value is -4.27. The third-order valence-electron chi connectivity index (χ3n) is 4.75. The van der Waals surface area contributed by atoms with E-state index >= 15 is 0 Å². The smallest absolute Gasteiger partial charge is 0.281 e. The molecular weight excluding hydrogens is 402 g/mol. The van der Waals surface area contributed by atoms with Crippen molar-refractivity contribution < 1.29 is 13.6 Å². The highest BCUT2D eigenvalue weighted by Crippen LogP contribution is 2.24. The molecule has 9 heteroatoms. The van der Waals surface area contributed by atoms with E-state index in [4.69, 9.17) is 0 Å². The Morgan fingerprint density at radius 3 is 2.55 bits per heavy atom. The van der Waals surface area contributed by atoms with Gasteiger partial charge in [0.1, 0.15) is 17.2 Å². The summed E-state index contributed by atoms with van der Waals surface area (Å²) in [5.41, 5.74) is 2.63. The van der Waals surface area contributed by atoms with Crippen molar-refractivity contribution in [1.82, 2.24) is 19.0 Å². The molecule has 5 rings (SSSR count). The monoisotopic (exact) mass is 418 g/mol. The van der Waals surface area contributed by atoms with Gasteiger partial charge in [0.25, 0.3) is 12.3 Å². The third-order valence-corrected chi connectivity index (χ3v) is 4.75. The molecule has 0 aliphatic rings. The van der Waals surface area contributed by atoms with Crippen molar-refractivity contribution in [2.24, 2.45) is 0 Å². The lowest BCUT2D eigenvalue weighted by Crippen LogP contribution is -2.12. The second-order valence-electron chi connectivity index (χ2n) is 6.86. The third kappa shape index (κ3) is 3.68. The first-order chi connectivity index (χ1) is 15.1. The summed E-state index contributed by atoms with van der Waals surface area (Å²) in [5, 5.41) is 10.2. The van der Waals surface area contributed by atoms with Gasteiger partial charge in [-0.1, -0.05) is 12.1 Å². The second-order valence-corrected chi connectivity index (χ2v) is 6.86. The Labute approximate surface area is 175 Å². The summed E-state index contributed by atoms with van der Waals surface area (Å²) in [4.78, 5) is 16.4. The molecule has 0 aliphatic heterocycles. The number of benzene rings is 1. The summed E-state index contributed by atoms with van der Waals surface area (Å²) in [6.07, 6.45) is 0.451. The molecule has 0 unspecified atom stereocenters. The summed E-state index contributed by atoms with van der Waals surface area (Å²) >= 11 is 0. The fraction of sp³-hybridized carbons (Fsp3) is 0.0455. The van der Waals surface area contributed by atoms with Gasteiger partial charge < -0.3 is 10.6 Å². The summed E-state index contributed by atoms with van der Waals surface area (Å²) in [6.45, 7) is 0. The minimum absolute atomic E-state index is 0.278. The van der Waals surface area contributed by atoms with Gasteiger partial charge in [0, 0.05) is 23.8 Å². The maximum atomic E-state index is 13.0. The van der Waals surface area contributed by atoms with E-state index in [1.54, 1.807) is 63.6 Å². The summed E-state index contributed by atoms with van der Waals surface area (Å²) in [6, 6.07) is 19.5. The highest BCUT2D eigenvalue weighted by Gasteiger charge is 2.14. The molecule has 0 spiro atoms. The molecule has 1 amide bonds. The van der Waals surface area contributed by atoms with Crippen LogP contribution in [-0.4, -0.2) is 24.9 Å². The molecule has 0 radical (unpaired) electrons. The fourth-order valence-corrected chi connectivity index (χ4v) is 3.27. The van der Waals surface area contributed by atoms with Gasteiger partial charge in [0.05, 0.1) is 5.52 Å². The van der Waals surface area contributed by atoms with E-state index in [0.29, 0.717) is 22.8 Å². The predicted molar refractivity (Wildman–Crippen MR) is 113 cm³/mol. The number of hydrogen-bond donors (Lipinski definition) is 2. The van der Waals surface area contributed by atoms with Crippen LogP contribution in [0.15, 0.2) is 79.1 Å². The molecule has 5 aromatic rings. The van der Waals surface area contributed by atoms with Crippen LogP contribution in [0.25, 0.3) is 11.2 Å². The Bertz CT molecular complexity index is 1360. The van der Waals surface area contributed by atoms with Crippen molar-refractivity contribution in [3.63, 3.8) is 0 Å². The fourth-order valence-electron chi connectivity index (χ4n) is 3.27. The summed E-state index contributed by atoms with van der Waals surface area (Å²) in [5.74, 6) is 0.283. The lowest BCUT2D eigenvalue weighted by molar-refractivity contribution is 0.102. The SMILES string of the molecule is O=C(Nc1ccc(Nc2cccc3nc(C(F)F)cn23)cc1)c1cc2ccccn2n1. The van der Waals surface area contributed by atoms with Gasteiger partial charge in [0.2, 0.25) is 0 Å². The van der Waals surface area contributed by atoms with Crippen LogP contribution in [0.3, 0.4) is 0 Å². The van der Waals surface area contributed by atoms with Crippen LogP contribution in [0.2, 0.25) is 0 Å². The number of aromatic nitrogens is 4. The highest BCUT2D eigenvalue weighted by atomic mass is 19.3. The number of hydrogen-bond acceptors (Lipinski definition) is 4. The molecule has 0 fully saturated rings. The van der Waals surface area contributed by atoms with E-state index in [0.717, 1.165) is 11.2 Å². The number of imidazole rings is 1. The van der Waals surface area contributed by atoms with Crippen LogP contribution in [0.5, 0.6) is 0 Å². The molecule has 31 heavy (non-hydrogen) atoms. The summed E-state index contributed by atoms with van der Waals surface area (Å²) in [7, 11) is 0. The normalized spacial score (nSPS) is 11.3. The number of anilines is 3. The molecule has 0 saturated heterocycles.